The van der Waals surface area contributed by atoms with Gasteiger partial charge in [-0.25, -0.2) is 0 Å². The fraction of sp³-hybridized carbons (Fsp3) is 0.571. The molecule has 2 aliphatic rings. The van der Waals surface area contributed by atoms with Crippen LogP contribution in [0.4, 0.5) is 5.69 Å². The normalized spacial score (nSPS) is 27.0. The second kappa shape index (κ2) is 5.40. The van der Waals surface area contributed by atoms with Crippen molar-refractivity contribution < 1.29 is 10.2 Å². The van der Waals surface area contributed by atoms with Gasteiger partial charge in [-0.15, -0.1) is 0 Å². The molecule has 0 spiro atoms. The van der Waals surface area contributed by atoms with Crippen LogP contribution in [0.5, 0.6) is 0 Å². The summed E-state index contributed by atoms with van der Waals surface area (Å²) in [6.07, 6.45) is 1.24. The molecular weight excluding hydrogens is 308 g/mol. The lowest BCUT2D eigenvalue weighted by Gasteiger charge is -2.22. The van der Waals surface area contributed by atoms with E-state index in [-0.39, 0.29) is 0 Å². The number of aliphatic hydroxyl groups is 2. The molecule has 2 unspecified atom stereocenters. The molecule has 1 aliphatic carbocycles. The monoisotopic (exact) mass is 326 g/mol. The fourth-order valence-electron chi connectivity index (χ4n) is 2.49. The molecule has 3 rings (SSSR count). The molecule has 2 fully saturated rings. The lowest BCUT2D eigenvalue weighted by Crippen LogP contribution is -2.24. The zero-order valence-electron chi connectivity index (χ0n) is 10.7. The SMILES string of the molecule is OC1CN(c2cc(Br)ccc2CNC2CC2)CC1O. The van der Waals surface area contributed by atoms with E-state index in [1.807, 2.05) is 6.07 Å². The molecule has 2 atom stereocenters. The van der Waals surface area contributed by atoms with Crippen molar-refractivity contribution >= 4 is 21.6 Å². The van der Waals surface area contributed by atoms with Crippen LogP contribution in [-0.2, 0) is 6.54 Å². The molecule has 3 N–H and O–H groups in total. The van der Waals surface area contributed by atoms with Crippen molar-refractivity contribution in [3.8, 4) is 0 Å². The highest BCUT2D eigenvalue weighted by Gasteiger charge is 2.31. The molecule has 0 bridgehead atoms. The van der Waals surface area contributed by atoms with Crippen LogP contribution in [0.1, 0.15) is 18.4 Å². The number of hydrogen-bond acceptors (Lipinski definition) is 4. The molecule has 4 nitrogen and oxygen atoms in total. The quantitative estimate of drug-likeness (QED) is 0.779. The Kier molecular flexibility index (Phi) is 3.80. The van der Waals surface area contributed by atoms with Crippen molar-refractivity contribution in [3.63, 3.8) is 0 Å². The van der Waals surface area contributed by atoms with Crippen molar-refractivity contribution in [2.24, 2.45) is 0 Å². The summed E-state index contributed by atoms with van der Waals surface area (Å²) in [7, 11) is 0. The van der Waals surface area contributed by atoms with E-state index in [4.69, 9.17) is 0 Å². The number of nitrogens with zero attached hydrogens (tertiary/aromatic N) is 1. The van der Waals surface area contributed by atoms with Crippen molar-refractivity contribution in [1.29, 1.82) is 0 Å². The number of aliphatic hydroxyl groups excluding tert-OH is 2. The molecule has 1 heterocycles. The Morgan fingerprint density at radius 3 is 2.53 bits per heavy atom. The number of nitrogens with one attached hydrogen (secondary N) is 1. The van der Waals surface area contributed by atoms with Crippen LogP contribution in [0.25, 0.3) is 0 Å². The Balaban J connectivity index is 1.79. The lowest BCUT2D eigenvalue weighted by atomic mass is 10.1. The lowest BCUT2D eigenvalue weighted by molar-refractivity contribution is 0.0572. The Morgan fingerprint density at radius 2 is 1.89 bits per heavy atom. The van der Waals surface area contributed by atoms with Gasteiger partial charge in [0.05, 0.1) is 12.2 Å². The highest BCUT2D eigenvalue weighted by Crippen LogP contribution is 2.29. The van der Waals surface area contributed by atoms with Gasteiger partial charge in [0.2, 0.25) is 0 Å². The zero-order chi connectivity index (χ0) is 13.4. The van der Waals surface area contributed by atoms with Crippen LogP contribution >= 0.6 is 15.9 Å². The van der Waals surface area contributed by atoms with Gasteiger partial charge in [-0.05, 0) is 30.5 Å². The molecule has 5 heteroatoms. The number of benzene rings is 1. The maximum absolute atomic E-state index is 9.70. The summed E-state index contributed by atoms with van der Waals surface area (Å²) in [6, 6.07) is 6.88. The number of anilines is 1. The Labute approximate surface area is 121 Å². The van der Waals surface area contributed by atoms with Gasteiger partial charge in [0.15, 0.2) is 0 Å². The predicted molar refractivity (Wildman–Crippen MR) is 78.2 cm³/mol. The van der Waals surface area contributed by atoms with Gasteiger partial charge in [-0.2, -0.15) is 0 Å². The summed E-state index contributed by atoms with van der Waals surface area (Å²) >= 11 is 3.49. The van der Waals surface area contributed by atoms with E-state index in [0.29, 0.717) is 19.1 Å². The minimum Gasteiger partial charge on any atom is -0.389 e. The predicted octanol–water partition coefficient (Wildman–Crippen LogP) is 1.24. The van der Waals surface area contributed by atoms with E-state index in [1.54, 1.807) is 0 Å². The molecule has 104 valence electrons. The van der Waals surface area contributed by atoms with Crippen LogP contribution in [0.3, 0.4) is 0 Å². The van der Waals surface area contributed by atoms with Crippen molar-refractivity contribution in [2.75, 3.05) is 18.0 Å². The molecule has 1 aromatic carbocycles. The minimum absolute atomic E-state index is 0.494. The first-order valence-corrected chi connectivity index (χ1v) is 7.55. The second-order valence-corrected chi connectivity index (χ2v) is 6.38. The summed E-state index contributed by atoms with van der Waals surface area (Å²) < 4.78 is 1.02. The molecular formula is C14H19BrN2O2. The first-order chi connectivity index (χ1) is 9.13. The van der Waals surface area contributed by atoms with E-state index in [9.17, 15) is 10.2 Å². The van der Waals surface area contributed by atoms with E-state index >= 15 is 0 Å². The molecule has 0 radical (unpaired) electrons. The number of rotatable bonds is 4. The van der Waals surface area contributed by atoms with Crippen LogP contribution in [0, 0.1) is 0 Å². The third-order valence-electron chi connectivity index (χ3n) is 3.81. The zero-order valence-corrected chi connectivity index (χ0v) is 12.3. The summed E-state index contributed by atoms with van der Waals surface area (Å²) in [5.74, 6) is 0. The minimum atomic E-state index is -0.650. The number of hydrogen-bond donors (Lipinski definition) is 3. The topological polar surface area (TPSA) is 55.7 Å². The molecule has 1 aromatic rings. The van der Waals surface area contributed by atoms with Crippen LogP contribution in [0.15, 0.2) is 22.7 Å². The largest absolute Gasteiger partial charge is 0.389 e. The summed E-state index contributed by atoms with van der Waals surface area (Å²) in [5, 5.41) is 22.9. The average Bonchev–Trinajstić information content (AvgIpc) is 3.14. The Morgan fingerprint density at radius 1 is 1.21 bits per heavy atom. The van der Waals surface area contributed by atoms with Crippen molar-refractivity contribution in [2.45, 2.75) is 37.6 Å². The average molecular weight is 327 g/mol. The molecule has 1 saturated heterocycles. The molecule has 1 saturated carbocycles. The van der Waals surface area contributed by atoms with Gasteiger partial charge in [0.25, 0.3) is 0 Å². The Bertz CT molecular complexity index is 455. The smallest absolute Gasteiger partial charge is 0.0990 e. The van der Waals surface area contributed by atoms with Gasteiger partial charge >= 0.3 is 0 Å². The van der Waals surface area contributed by atoms with Crippen molar-refractivity contribution in [1.82, 2.24) is 5.32 Å². The van der Waals surface area contributed by atoms with Crippen molar-refractivity contribution in [3.05, 3.63) is 28.2 Å². The fourth-order valence-corrected chi connectivity index (χ4v) is 2.84. The van der Waals surface area contributed by atoms with Gasteiger partial charge < -0.3 is 20.4 Å². The molecule has 1 aliphatic heterocycles. The number of β-amino-alcohol motifs (C(OH)–C–C–N with tert-alkyl or cyclic N) is 2. The first-order valence-electron chi connectivity index (χ1n) is 6.76. The maximum atomic E-state index is 9.70. The molecule has 0 aromatic heterocycles. The summed E-state index contributed by atoms with van der Waals surface area (Å²) in [5.41, 5.74) is 2.31. The number of halogens is 1. The van der Waals surface area contributed by atoms with Crippen LogP contribution in [-0.4, -0.2) is 41.6 Å². The summed E-state index contributed by atoms with van der Waals surface area (Å²) in [6.45, 7) is 1.83. The van der Waals surface area contributed by atoms with E-state index in [0.717, 1.165) is 16.7 Å². The van der Waals surface area contributed by atoms with Crippen LogP contribution in [0.2, 0.25) is 0 Å². The highest BCUT2D eigenvalue weighted by atomic mass is 79.9. The highest BCUT2D eigenvalue weighted by molar-refractivity contribution is 9.10. The summed E-state index contributed by atoms with van der Waals surface area (Å²) in [4.78, 5) is 2.06. The third-order valence-corrected chi connectivity index (χ3v) is 4.30. The third kappa shape index (κ3) is 3.11. The second-order valence-electron chi connectivity index (χ2n) is 5.47. The van der Waals surface area contributed by atoms with Gasteiger partial charge in [-0.1, -0.05) is 22.0 Å². The first kappa shape index (κ1) is 13.4. The van der Waals surface area contributed by atoms with E-state index in [1.165, 1.54) is 18.4 Å². The van der Waals surface area contributed by atoms with Gasteiger partial charge in [-0.3, -0.25) is 0 Å². The van der Waals surface area contributed by atoms with E-state index < -0.39 is 12.2 Å². The van der Waals surface area contributed by atoms with Gasteiger partial charge in [0.1, 0.15) is 0 Å². The van der Waals surface area contributed by atoms with Crippen LogP contribution < -0.4 is 10.2 Å². The molecule has 19 heavy (non-hydrogen) atoms. The Hall–Kier alpha value is -0.620. The standard InChI is InChI=1S/C14H19BrN2O2/c15-10-2-1-9(6-16-11-3-4-11)12(5-10)17-7-13(18)14(19)8-17/h1-2,5,11,13-14,16,18-19H,3-4,6-8H2. The maximum Gasteiger partial charge on any atom is 0.0990 e. The van der Waals surface area contributed by atoms with Gasteiger partial charge in [0, 0.05) is 35.8 Å². The molecule has 0 amide bonds. The van der Waals surface area contributed by atoms with E-state index in [2.05, 4.69) is 38.3 Å².